The molecule has 0 aliphatic carbocycles. The molecule has 0 fully saturated rings. The minimum atomic E-state index is 0.245. The van der Waals surface area contributed by atoms with Gasteiger partial charge in [0.1, 0.15) is 0 Å². The van der Waals surface area contributed by atoms with Gasteiger partial charge >= 0.3 is 0 Å². The molecule has 0 aliphatic rings. The van der Waals surface area contributed by atoms with E-state index in [0.717, 1.165) is 21.0 Å². The van der Waals surface area contributed by atoms with Crippen molar-refractivity contribution in [2.45, 2.75) is 17.4 Å². The van der Waals surface area contributed by atoms with Crippen LogP contribution in [0.4, 0.5) is 0 Å². The first-order chi connectivity index (χ1) is 9.17. The lowest BCUT2D eigenvalue weighted by Crippen LogP contribution is -2.38. The highest BCUT2D eigenvalue weighted by Crippen LogP contribution is 2.26. The average Bonchev–Trinajstić information content (AvgIpc) is 2.80. The molecule has 1 aromatic heterocycles. The lowest BCUT2D eigenvalue weighted by Gasteiger charge is -2.14. The zero-order valence-corrected chi connectivity index (χ0v) is 14.1. The Balaban J connectivity index is 1.89. The number of hydrazine groups is 1. The van der Waals surface area contributed by atoms with Gasteiger partial charge in [0.15, 0.2) is 0 Å². The van der Waals surface area contributed by atoms with Crippen LogP contribution in [0.15, 0.2) is 45.1 Å². The van der Waals surface area contributed by atoms with E-state index in [9.17, 15) is 0 Å². The van der Waals surface area contributed by atoms with Crippen LogP contribution in [0.25, 0.3) is 0 Å². The number of thiophene rings is 1. The molecule has 0 radical (unpaired) electrons. The molecule has 0 saturated heterocycles. The third kappa shape index (κ3) is 5.10. The second-order valence-corrected chi connectivity index (χ2v) is 8.12. The van der Waals surface area contributed by atoms with Crippen molar-refractivity contribution in [1.29, 1.82) is 0 Å². The van der Waals surface area contributed by atoms with E-state index in [0.29, 0.717) is 0 Å². The van der Waals surface area contributed by atoms with E-state index in [-0.39, 0.29) is 6.04 Å². The van der Waals surface area contributed by atoms with E-state index in [1.165, 1.54) is 9.77 Å². The van der Waals surface area contributed by atoms with Crippen molar-refractivity contribution in [3.05, 3.63) is 50.1 Å². The van der Waals surface area contributed by atoms with Gasteiger partial charge in [-0.25, -0.2) is 0 Å². The van der Waals surface area contributed by atoms with E-state index >= 15 is 0 Å². The fourth-order valence-corrected chi connectivity index (χ4v) is 4.43. The molecule has 1 unspecified atom stereocenters. The van der Waals surface area contributed by atoms with Gasteiger partial charge in [-0.15, -0.1) is 23.1 Å². The second kappa shape index (κ2) is 7.67. The van der Waals surface area contributed by atoms with Crippen molar-refractivity contribution in [2.24, 2.45) is 5.84 Å². The van der Waals surface area contributed by atoms with Crippen molar-refractivity contribution < 1.29 is 0 Å². The molecule has 0 aliphatic heterocycles. The Labute approximate surface area is 134 Å². The molecule has 102 valence electrons. The minimum Gasteiger partial charge on any atom is -0.271 e. The van der Waals surface area contributed by atoms with Gasteiger partial charge in [0.05, 0.1) is 3.79 Å². The molecule has 1 aromatic carbocycles. The van der Waals surface area contributed by atoms with Crippen molar-refractivity contribution in [2.75, 3.05) is 5.75 Å². The van der Waals surface area contributed by atoms with Gasteiger partial charge in [-0.2, -0.15) is 0 Å². The summed E-state index contributed by atoms with van der Waals surface area (Å²) in [6.07, 6.45) is 0.931. The summed E-state index contributed by atoms with van der Waals surface area (Å²) >= 11 is 12.9. The van der Waals surface area contributed by atoms with Crippen LogP contribution in [-0.4, -0.2) is 11.8 Å². The Bertz CT molecular complexity index is 533. The molecule has 1 heterocycles. The number of hydrogen-bond acceptors (Lipinski definition) is 4. The van der Waals surface area contributed by atoms with E-state index in [1.807, 2.05) is 18.2 Å². The molecule has 0 bridgehead atoms. The monoisotopic (exact) mass is 376 g/mol. The average molecular weight is 378 g/mol. The molecule has 3 N–H and O–H groups in total. The summed E-state index contributed by atoms with van der Waals surface area (Å²) < 4.78 is 1.15. The van der Waals surface area contributed by atoms with Gasteiger partial charge in [-0.3, -0.25) is 11.3 Å². The normalized spacial score (nSPS) is 12.6. The van der Waals surface area contributed by atoms with E-state index in [1.54, 1.807) is 23.1 Å². The first-order valence-corrected chi connectivity index (χ1v) is 8.73. The lowest BCUT2D eigenvalue weighted by atomic mass is 10.2. The van der Waals surface area contributed by atoms with E-state index < -0.39 is 0 Å². The highest BCUT2D eigenvalue weighted by Gasteiger charge is 2.10. The molecule has 2 rings (SSSR count). The Hall–Kier alpha value is -0.0400. The van der Waals surface area contributed by atoms with Crippen LogP contribution in [0, 0.1) is 0 Å². The van der Waals surface area contributed by atoms with Crippen molar-refractivity contribution >= 4 is 50.6 Å². The highest BCUT2D eigenvalue weighted by atomic mass is 79.9. The fraction of sp³-hybridized carbons (Fsp3) is 0.231. The summed E-state index contributed by atoms with van der Waals surface area (Å²) in [6, 6.07) is 12.3. The molecule has 0 saturated carbocycles. The summed E-state index contributed by atoms with van der Waals surface area (Å²) in [5.41, 5.74) is 2.88. The van der Waals surface area contributed by atoms with Crippen LogP contribution in [0.3, 0.4) is 0 Å². The number of hydrogen-bond donors (Lipinski definition) is 2. The third-order valence-electron chi connectivity index (χ3n) is 2.56. The van der Waals surface area contributed by atoms with Gasteiger partial charge in [0.25, 0.3) is 0 Å². The van der Waals surface area contributed by atoms with Crippen LogP contribution >= 0.6 is 50.6 Å². The van der Waals surface area contributed by atoms with Crippen LogP contribution in [0.1, 0.15) is 4.88 Å². The number of benzene rings is 1. The van der Waals surface area contributed by atoms with Gasteiger partial charge in [0.2, 0.25) is 0 Å². The first-order valence-electron chi connectivity index (χ1n) is 5.76. The third-order valence-corrected chi connectivity index (χ3v) is 5.60. The lowest BCUT2D eigenvalue weighted by molar-refractivity contribution is 0.579. The molecule has 0 amide bonds. The van der Waals surface area contributed by atoms with Crippen LogP contribution < -0.4 is 11.3 Å². The standard InChI is InChI=1S/C13H14BrClN2S2/c14-13-5-4-12(19-13)7-10(17-16)8-18-11-3-1-2-9(15)6-11/h1-6,10,17H,7-8,16H2. The predicted octanol–water partition coefficient (Wildman–Crippen LogP) is 4.33. The maximum absolute atomic E-state index is 5.97. The maximum Gasteiger partial charge on any atom is 0.0701 e. The molecule has 2 aromatic rings. The smallest absolute Gasteiger partial charge is 0.0701 e. The SMILES string of the molecule is NNC(CSc1cccc(Cl)c1)Cc1ccc(Br)s1. The van der Waals surface area contributed by atoms with Gasteiger partial charge < -0.3 is 0 Å². The molecular formula is C13H14BrClN2S2. The van der Waals surface area contributed by atoms with Gasteiger partial charge in [0, 0.05) is 26.6 Å². The van der Waals surface area contributed by atoms with Gasteiger partial charge in [-0.05, 0) is 52.7 Å². The largest absolute Gasteiger partial charge is 0.271 e. The first kappa shape index (κ1) is 15.4. The number of thioether (sulfide) groups is 1. The van der Waals surface area contributed by atoms with Crippen molar-refractivity contribution in [3.63, 3.8) is 0 Å². The number of nitrogens with one attached hydrogen (secondary N) is 1. The topological polar surface area (TPSA) is 38.0 Å². The summed E-state index contributed by atoms with van der Waals surface area (Å²) in [5.74, 6) is 6.53. The van der Waals surface area contributed by atoms with Crippen LogP contribution in [0.2, 0.25) is 5.02 Å². The Morgan fingerprint density at radius 1 is 1.37 bits per heavy atom. The number of nitrogens with two attached hydrogens (primary N) is 1. The highest BCUT2D eigenvalue weighted by molar-refractivity contribution is 9.11. The maximum atomic E-state index is 5.97. The summed E-state index contributed by atoms with van der Waals surface area (Å²) in [5, 5.41) is 0.768. The van der Waals surface area contributed by atoms with Crippen LogP contribution in [0.5, 0.6) is 0 Å². The summed E-state index contributed by atoms with van der Waals surface area (Å²) in [6.45, 7) is 0. The summed E-state index contributed by atoms with van der Waals surface area (Å²) in [7, 11) is 0. The Kier molecular flexibility index (Phi) is 6.19. The Morgan fingerprint density at radius 2 is 2.21 bits per heavy atom. The zero-order valence-electron chi connectivity index (χ0n) is 10.1. The second-order valence-electron chi connectivity index (χ2n) is 4.04. The molecule has 0 spiro atoms. The fourth-order valence-electron chi connectivity index (χ4n) is 1.62. The van der Waals surface area contributed by atoms with E-state index in [4.69, 9.17) is 17.4 Å². The van der Waals surface area contributed by atoms with Crippen molar-refractivity contribution in [3.8, 4) is 0 Å². The molecular weight excluding hydrogens is 364 g/mol. The molecule has 2 nitrogen and oxygen atoms in total. The molecule has 1 atom stereocenters. The minimum absolute atomic E-state index is 0.245. The Morgan fingerprint density at radius 3 is 2.84 bits per heavy atom. The quantitative estimate of drug-likeness (QED) is 0.447. The zero-order chi connectivity index (χ0) is 13.7. The number of halogens is 2. The predicted molar refractivity (Wildman–Crippen MR) is 89.0 cm³/mol. The number of rotatable bonds is 6. The van der Waals surface area contributed by atoms with Gasteiger partial charge in [-0.1, -0.05) is 17.7 Å². The van der Waals surface area contributed by atoms with Crippen molar-refractivity contribution in [1.82, 2.24) is 5.43 Å². The molecule has 6 heteroatoms. The molecule has 19 heavy (non-hydrogen) atoms. The van der Waals surface area contributed by atoms with E-state index in [2.05, 4.69) is 39.6 Å². The summed E-state index contributed by atoms with van der Waals surface area (Å²) in [4.78, 5) is 2.49. The van der Waals surface area contributed by atoms with Crippen LogP contribution in [-0.2, 0) is 6.42 Å².